The van der Waals surface area contributed by atoms with Crippen LogP contribution in [0.15, 0.2) is 18.2 Å². The van der Waals surface area contributed by atoms with E-state index in [4.69, 9.17) is 20.9 Å². The van der Waals surface area contributed by atoms with Gasteiger partial charge in [0.25, 0.3) is 0 Å². The Kier molecular flexibility index (Phi) is 10.3. The molecule has 1 aromatic carbocycles. The van der Waals surface area contributed by atoms with Gasteiger partial charge < -0.3 is 26.3 Å². The third-order valence-corrected chi connectivity index (χ3v) is 4.71. The number of hydrogen-bond acceptors (Lipinski definition) is 6. The van der Waals surface area contributed by atoms with Gasteiger partial charge in [-0.25, -0.2) is 0 Å². The summed E-state index contributed by atoms with van der Waals surface area (Å²) in [5.74, 6) is -0.503. The highest BCUT2D eigenvalue weighted by Crippen LogP contribution is 2.25. The molecule has 0 saturated carbocycles. The number of ether oxygens (including phenoxy) is 2. The van der Waals surface area contributed by atoms with Gasteiger partial charge in [-0.2, -0.15) is 0 Å². The second-order valence-electron chi connectivity index (χ2n) is 8.16. The number of esters is 1. The smallest absolute Gasteiger partial charge is 0.311 e. The summed E-state index contributed by atoms with van der Waals surface area (Å²) in [7, 11) is 0. The molecular formula is C22H35N3O5. The highest BCUT2D eigenvalue weighted by molar-refractivity contribution is 5.87. The Labute approximate surface area is 178 Å². The Balaban J connectivity index is 2.24. The first-order valence-electron chi connectivity index (χ1n) is 10.2. The van der Waals surface area contributed by atoms with Gasteiger partial charge in [0, 0.05) is 6.54 Å². The monoisotopic (exact) mass is 421 g/mol. The standard InChI is InChI=1S/C22H35N3O5/c1-15-7-8-16(2)18(13-15)29-11-5-9-22(3,4)21(28)30-12-6-10-25-20(27)17(23)14-19(24)26/h7-8,13,17H,5-6,9-12,14,23H2,1-4H3,(H2,24,26)(H,25,27). The SMILES string of the molecule is Cc1ccc(C)c(OCCCC(C)(C)C(=O)OCCCNC(=O)C(N)CC(N)=O)c1. The van der Waals surface area contributed by atoms with Gasteiger partial charge in [0.15, 0.2) is 0 Å². The predicted octanol–water partition coefficient (Wildman–Crippen LogP) is 1.74. The summed E-state index contributed by atoms with van der Waals surface area (Å²) in [5, 5.41) is 2.59. The number of benzene rings is 1. The highest BCUT2D eigenvalue weighted by Gasteiger charge is 2.28. The molecule has 1 aromatic rings. The van der Waals surface area contributed by atoms with Crippen LogP contribution in [-0.2, 0) is 19.1 Å². The average molecular weight is 422 g/mol. The fraction of sp³-hybridized carbons (Fsp3) is 0.591. The van der Waals surface area contributed by atoms with Gasteiger partial charge >= 0.3 is 5.97 Å². The van der Waals surface area contributed by atoms with Crippen LogP contribution in [0.4, 0.5) is 0 Å². The molecule has 168 valence electrons. The first-order valence-corrected chi connectivity index (χ1v) is 10.2. The number of nitrogens with two attached hydrogens (primary N) is 2. The Bertz CT molecular complexity index is 733. The third kappa shape index (κ3) is 9.26. The molecule has 8 heteroatoms. The zero-order chi connectivity index (χ0) is 22.7. The van der Waals surface area contributed by atoms with Crippen molar-refractivity contribution >= 4 is 17.8 Å². The summed E-state index contributed by atoms with van der Waals surface area (Å²) in [5.41, 5.74) is 12.1. The van der Waals surface area contributed by atoms with Crippen LogP contribution in [0.5, 0.6) is 5.75 Å². The van der Waals surface area contributed by atoms with Crippen LogP contribution in [0.25, 0.3) is 0 Å². The summed E-state index contributed by atoms with van der Waals surface area (Å²) >= 11 is 0. The average Bonchev–Trinajstić information content (AvgIpc) is 2.66. The molecule has 30 heavy (non-hydrogen) atoms. The quantitative estimate of drug-likeness (QED) is 0.328. The molecule has 5 N–H and O–H groups in total. The second kappa shape index (κ2) is 12.2. The molecule has 0 bridgehead atoms. The molecule has 0 fully saturated rings. The molecule has 1 atom stereocenters. The zero-order valence-electron chi connectivity index (χ0n) is 18.5. The van der Waals surface area contributed by atoms with Crippen LogP contribution < -0.4 is 21.5 Å². The van der Waals surface area contributed by atoms with Crippen molar-refractivity contribution in [3.8, 4) is 5.75 Å². The summed E-state index contributed by atoms with van der Waals surface area (Å²) in [6.07, 6.45) is 1.60. The predicted molar refractivity (Wildman–Crippen MR) is 115 cm³/mol. The molecule has 1 rings (SSSR count). The number of carbonyl (C=O) groups is 3. The van der Waals surface area contributed by atoms with Crippen LogP contribution in [0.3, 0.4) is 0 Å². The highest BCUT2D eigenvalue weighted by atomic mass is 16.5. The fourth-order valence-electron chi connectivity index (χ4n) is 2.75. The van der Waals surface area contributed by atoms with E-state index in [0.717, 1.165) is 23.3 Å². The molecular weight excluding hydrogens is 386 g/mol. The van der Waals surface area contributed by atoms with E-state index in [-0.39, 0.29) is 19.0 Å². The number of nitrogens with one attached hydrogen (secondary N) is 1. The maximum atomic E-state index is 12.3. The van der Waals surface area contributed by atoms with E-state index in [2.05, 4.69) is 5.32 Å². The molecule has 0 radical (unpaired) electrons. The zero-order valence-corrected chi connectivity index (χ0v) is 18.5. The minimum absolute atomic E-state index is 0.187. The van der Waals surface area contributed by atoms with Gasteiger partial charge in [-0.3, -0.25) is 14.4 Å². The summed E-state index contributed by atoms with van der Waals surface area (Å²) in [4.78, 5) is 34.7. The summed E-state index contributed by atoms with van der Waals surface area (Å²) < 4.78 is 11.2. The number of hydrogen-bond donors (Lipinski definition) is 3. The molecule has 0 aliphatic rings. The molecule has 0 saturated heterocycles. The van der Waals surface area contributed by atoms with Gasteiger partial charge in [-0.1, -0.05) is 12.1 Å². The van der Waals surface area contributed by atoms with Crippen LogP contribution in [-0.4, -0.2) is 43.6 Å². The Hall–Kier alpha value is -2.61. The largest absolute Gasteiger partial charge is 0.493 e. The Morgan fingerprint density at radius 1 is 1.13 bits per heavy atom. The van der Waals surface area contributed by atoms with Crippen molar-refractivity contribution in [1.82, 2.24) is 5.32 Å². The molecule has 0 spiro atoms. The number of carbonyl (C=O) groups excluding carboxylic acids is 3. The molecule has 0 heterocycles. The Morgan fingerprint density at radius 3 is 2.50 bits per heavy atom. The van der Waals surface area contributed by atoms with Gasteiger partial charge in [-0.15, -0.1) is 0 Å². The molecule has 1 unspecified atom stereocenters. The van der Waals surface area contributed by atoms with E-state index in [9.17, 15) is 14.4 Å². The van der Waals surface area contributed by atoms with E-state index in [1.165, 1.54) is 0 Å². The first kappa shape index (κ1) is 25.4. The molecule has 0 aliphatic carbocycles. The van der Waals surface area contributed by atoms with Gasteiger partial charge in [0.1, 0.15) is 5.75 Å². The van der Waals surface area contributed by atoms with Crippen molar-refractivity contribution < 1.29 is 23.9 Å². The summed E-state index contributed by atoms with van der Waals surface area (Å²) in [6, 6.07) is 5.12. The van der Waals surface area contributed by atoms with Crippen molar-refractivity contribution in [2.75, 3.05) is 19.8 Å². The van der Waals surface area contributed by atoms with Crippen LogP contribution >= 0.6 is 0 Å². The van der Waals surface area contributed by atoms with Gasteiger partial charge in [0.2, 0.25) is 11.8 Å². The van der Waals surface area contributed by atoms with Gasteiger partial charge in [-0.05, 0) is 64.2 Å². The Morgan fingerprint density at radius 2 is 1.83 bits per heavy atom. The maximum Gasteiger partial charge on any atom is 0.311 e. The van der Waals surface area contributed by atoms with Crippen molar-refractivity contribution in [3.05, 3.63) is 29.3 Å². The van der Waals surface area contributed by atoms with Crippen LogP contribution in [0.1, 0.15) is 50.7 Å². The summed E-state index contributed by atoms with van der Waals surface area (Å²) in [6.45, 7) is 8.72. The third-order valence-electron chi connectivity index (χ3n) is 4.71. The number of primary amides is 1. The maximum absolute atomic E-state index is 12.3. The van der Waals surface area contributed by atoms with E-state index >= 15 is 0 Å². The normalized spacial score (nSPS) is 12.2. The molecule has 2 amide bonds. The minimum atomic E-state index is -0.963. The van der Waals surface area contributed by atoms with Crippen LogP contribution in [0.2, 0.25) is 0 Å². The molecule has 0 aromatic heterocycles. The fourth-order valence-corrected chi connectivity index (χ4v) is 2.75. The first-order chi connectivity index (χ1) is 14.0. The molecule has 8 nitrogen and oxygen atoms in total. The lowest BCUT2D eigenvalue weighted by Crippen LogP contribution is -2.43. The van der Waals surface area contributed by atoms with E-state index < -0.39 is 23.3 Å². The van der Waals surface area contributed by atoms with E-state index in [1.807, 2.05) is 45.9 Å². The second-order valence-corrected chi connectivity index (χ2v) is 8.16. The lowest BCUT2D eigenvalue weighted by Gasteiger charge is -2.22. The van der Waals surface area contributed by atoms with Crippen molar-refractivity contribution in [3.63, 3.8) is 0 Å². The number of aryl methyl sites for hydroxylation is 2. The molecule has 0 aliphatic heterocycles. The minimum Gasteiger partial charge on any atom is -0.493 e. The van der Waals surface area contributed by atoms with Crippen molar-refractivity contribution in [2.24, 2.45) is 16.9 Å². The lowest BCUT2D eigenvalue weighted by molar-refractivity contribution is -0.154. The van der Waals surface area contributed by atoms with E-state index in [0.29, 0.717) is 26.0 Å². The lowest BCUT2D eigenvalue weighted by atomic mass is 9.88. The van der Waals surface area contributed by atoms with Crippen molar-refractivity contribution in [1.29, 1.82) is 0 Å². The van der Waals surface area contributed by atoms with E-state index in [1.54, 1.807) is 0 Å². The van der Waals surface area contributed by atoms with Crippen LogP contribution in [0, 0.1) is 19.3 Å². The number of amides is 2. The number of rotatable bonds is 13. The topological polar surface area (TPSA) is 134 Å². The van der Waals surface area contributed by atoms with Gasteiger partial charge in [0.05, 0.1) is 31.1 Å². The van der Waals surface area contributed by atoms with Crippen molar-refractivity contribution in [2.45, 2.75) is 59.4 Å².